The number of hydroxylamine groups is 4. The maximum absolute atomic E-state index is 14.0. The average molecular weight is 1080 g/mol. The van der Waals surface area contributed by atoms with E-state index in [4.69, 9.17) is 73.1 Å². The second-order valence-corrected chi connectivity index (χ2v) is 22.6. The molecule has 3 aliphatic heterocycles. The largest absolute Gasteiger partial charge is 0.494 e. The smallest absolute Gasteiger partial charge is 0.399 e. The second kappa shape index (κ2) is 19.8. The SMILES string of the molecule is C.CC1(C)OB(c2cc(F)cc(Cl)c2)OC1(C)C.COC1CCC2(CC1)Cc1ccc(-c3cc(F)cc(Cl)c3)cc1C21N=C(N)N(C)O1.COC1CCC2(CC1)Cc1ccc(Br)cc1C21N=C(N)N(C)O1. The number of benzene rings is 4. The summed E-state index contributed by atoms with van der Waals surface area (Å²) in [6.45, 7) is 7.81. The molecule has 4 aromatic carbocycles. The zero-order chi connectivity index (χ0) is 50.2. The van der Waals surface area contributed by atoms with Gasteiger partial charge in [-0.3, -0.25) is 0 Å². The molecule has 12 nitrogen and oxygen atoms in total. The Kier molecular flexibility index (Phi) is 14.9. The molecule has 0 bridgehead atoms. The van der Waals surface area contributed by atoms with Gasteiger partial charge in [-0.1, -0.05) is 64.8 Å². The third-order valence-electron chi connectivity index (χ3n) is 16.2. The van der Waals surface area contributed by atoms with Crippen LogP contribution in [0.1, 0.15) is 109 Å². The van der Waals surface area contributed by atoms with Gasteiger partial charge in [0, 0.05) is 64.8 Å². The Morgan fingerprint density at radius 3 is 1.54 bits per heavy atom. The highest BCUT2D eigenvalue weighted by Gasteiger charge is 2.65. The number of nitrogens with two attached hydrogens (primary N) is 2. The van der Waals surface area contributed by atoms with Crippen molar-refractivity contribution in [1.29, 1.82) is 0 Å². The first-order valence-electron chi connectivity index (χ1n) is 23.9. The predicted molar refractivity (Wildman–Crippen MR) is 280 cm³/mol. The Morgan fingerprint density at radius 2 is 1.10 bits per heavy atom. The Labute approximate surface area is 435 Å². The molecule has 4 N–H and O–H groups in total. The molecule has 2 unspecified atom stereocenters. The minimum absolute atomic E-state index is 0. The van der Waals surface area contributed by atoms with E-state index in [9.17, 15) is 8.78 Å². The van der Waals surface area contributed by atoms with E-state index in [-0.39, 0.29) is 36.0 Å². The van der Waals surface area contributed by atoms with Crippen LogP contribution in [-0.4, -0.2) is 80.9 Å². The molecule has 4 aliphatic carbocycles. The van der Waals surface area contributed by atoms with Crippen molar-refractivity contribution in [2.75, 3.05) is 28.3 Å². The highest BCUT2D eigenvalue weighted by atomic mass is 79.9. The minimum Gasteiger partial charge on any atom is -0.399 e. The van der Waals surface area contributed by atoms with Gasteiger partial charge < -0.3 is 30.2 Å². The normalized spacial score (nSPS) is 29.6. The fourth-order valence-corrected chi connectivity index (χ4v) is 12.4. The van der Waals surface area contributed by atoms with Crippen LogP contribution in [0.3, 0.4) is 0 Å². The zero-order valence-electron chi connectivity index (χ0n) is 41.0. The topological polar surface area (TPSA) is 139 Å². The molecule has 1 saturated heterocycles. The van der Waals surface area contributed by atoms with Crippen LogP contribution < -0.4 is 16.9 Å². The summed E-state index contributed by atoms with van der Waals surface area (Å²) in [7, 11) is 6.62. The maximum Gasteiger partial charge on any atom is 0.494 e. The van der Waals surface area contributed by atoms with E-state index in [0.29, 0.717) is 33.5 Å². The van der Waals surface area contributed by atoms with Crippen LogP contribution in [0.4, 0.5) is 8.78 Å². The molecule has 0 aromatic heterocycles. The van der Waals surface area contributed by atoms with Crippen molar-refractivity contribution in [2.45, 2.75) is 134 Å². The monoisotopic (exact) mass is 1080 g/mol. The first kappa shape index (κ1) is 53.5. The van der Waals surface area contributed by atoms with Gasteiger partial charge in [-0.2, -0.15) is 0 Å². The highest BCUT2D eigenvalue weighted by molar-refractivity contribution is 9.10. The van der Waals surface area contributed by atoms with Gasteiger partial charge in [-0.15, -0.1) is 0 Å². The molecule has 4 spiro atoms. The molecule has 2 atom stereocenters. The van der Waals surface area contributed by atoms with E-state index in [1.54, 1.807) is 43.5 Å². The van der Waals surface area contributed by atoms with E-state index < -0.39 is 29.8 Å². The van der Waals surface area contributed by atoms with E-state index >= 15 is 0 Å². The molecule has 0 radical (unpaired) electrons. The number of hydrogen-bond acceptors (Lipinski definition) is 12. The number of halogens is 5. The van der Waals surface area contributed by atoms with Crippen LogP contribution in [0.15, 0.2) is 87.3 Å². The minimum atomic E-state index is -0.868. The molecule has 7 aliphatic rings. The average Bonchev–Trinajstić information content (AvgIpc) is 4.01. The number of nitrogens with zero attached hydrogens (tertiary/aromatic N) is 4. The van der Waals surface area contributed by atoms with Gasteiger partial charge in [0.1, 0.15) is 11.6 Å². The van der Waals surface area contributed by atoms with Gasteiger partial charge in [0.05, 0.1) is 23.4 Å². The first-order valence-corrected chi connectivity index (χ1v) is 25.4. The van der Waals surface area contributed by atoms with Crippen molar-refractivity contribution in [2.24, 2.45) is 32.3 Å². The van der Waals surface area contributed by atoms with E-state index in [0.717, 1.165) is 90.9 Å². The van der Waals surface area contributed by atoms with Crippen LogP contribution in [0.2, 0.25) is 10.0 Å². The first-order chi connectivity index (χ1) is 33.1. The van der Waals surface area contributed by atoms with Gasteiger partial charge in [0.25, 0.3) is 0 Å². The third kappa shape index (κ3) is 9.52. The number of ether oxygens (including phenoxy) is 2. The number of guanidine groups is 2. The van der Waals surface area contributed by atoms with E-state index in [1.165, 1.54) is 35.4 Å². The molecule has 2 saturated carbocycles. The summed E-state index contributed by atoms with van der Waals surface area (Å²) in [6, 6.07) is 21.5. The predicted octanol–water partition coefficient (Wildman–Crippen LogP) is 11.0. The van der Waals surface area contributed by atoms with Crippen molar-refractivity contribution in [3.8, 4) is 11.1 Å². The molecule has 0 amide bonds. The van der Waals surface area contributed by atoms with Crippen molar-refractivity contribution >= 4 is 63.6 Å². The molecule has 18 heteroatoms. The van der Waals surface area contributed by atoms with Crippen molar-refractivity contribution in [3.05, 3.63) is 121 Å². The molecule has 71 heavy (non-hydrogen) atoms. The summed E-state index contributed by atoms with van der Waals surface area (Å²) in [5, 5.41) is 3.88. The summed E-state index contributed by atoms with van der Waals surface area (Å²) in [6.07, 6.45) is 10.4. The molecule has 3 heterocycles. The Bertz CT molecular complexity index is 2660. The number of aliphatic imine (C=N–C) groups is 2. The van der Waals surface area contributed by atoms with Gasteiger partial charge in [-0.05, 0) is 174 Å². The van der Waals surface area contributed by atoms with E-state index in [1.807, 2.05) is 40.8 Å². The number of hydrogen-bond donors (Lipinski definition) is 2. The molecule has 11 rings (SSSR count). The lowest BCUT2D eigenvalue weighted by atomic mass is 9.66. The van der Waals surface area contributed by atoms with Gasteiger partial charge in [0.2, 0.25) is 23.4 Å². The fraction of sp³-hybridized carbons (Fsp3) is 0.509. The summed E-state index contributed by atoms with van der Waals surface area (Å²) in [5.74, 6) is 0.0738. The summed E-state index contributed by atoms with van der Waals surface area (Å²) in [4.78, 5) is 22.5. The standard InChI is InChI=1S/C23H25ClFN3O2.C17H22BrN3O2.C12H15BClFO2.CH4/c1-28-21(26)27-23(30-28)20-11-14(16-9-17(24)12-18(25)10-16)3-4-15(20)13-22(23)7-5-19(29-2)6-8-22;1-21-15(19)20-17(23-21)14-9-12(18)4-3-11(14)10-16(17)7-5-13(22-2)6-8-16;1-11(2)12(3,4)17-13(16-11)8-5-9(14)7-10(15)6-8;/h3-4,9-12,19H,5-8,13H2,1-2H3,(H2,26,27);3-4,9,13H,5-8,10H2,1-2H3,(H2,19,20);5-7H,1-4H3;1H4. The van der Waals surface area contributed by atoms with Crippen LogP contribution >= 0.6 is 39.1 Å². The van der Waals surface area contributed by atoms with Crippen molar-refractivity contribution in [3.63, 3.8) is 0 Å². The van der Waals surface area contributed by atoms with Crippen molar-refractivity contribution in [1.82, 2.24) is 10.1 Å². The number of methoxy groups -OCH3 is 2. The quantitative estimate of drug-likeness (QED) is 0.190. The summed E-state index contributed by atoms with van der Waals surface area (Å²) < 4.78 is 51.1. The Hall–Kier alpha value is -3.84. The van der Waals surface area contributed by atoms with Crippen LogP contribution in [0.5, 0.6) is 0 Å². The van der Waals surface area contributed by atoms with Crippen LogP contribution in [-0.2, 0) is 52.7 Å². The van der Waals surface area contributed by atoms with Gasteiger partial charge in [0.15, 0.2) is 0 Å². The molecular weight excluding hydrogens is 1020 g/mol. The Balaban J connectivity index is 0.000000148. The summed E-state index contributed by atoms with van der Waals surface area (Å²) in [5.41, 5.74) is 16.5. The highest BCUT2D eigenvalue weighted by Crippen LogP contribution is 2.63. The fourth-order valence-electron chi connectivity index (χ4n) is 11.6. The molecule has 4 aromatic rings. The number of fused-ring (bicyclic) bond motifs is 6. The number of rotatable bonds is 4. The maximum atomic E-state index is 14.0. The molecule has 3 fully saturated rings. The third-order valence-corrected chi connectivity index (χ3v) is 17.1. The molecular formula is C53H66BBrCl2F2N6O6. The lowest BCUT2D eigenvalue weighted by Crippen LogP contribution is -2.46. The van der Waals surface area contributed by atoms with Gasteiger partial charge >= 0.3 is 7.12 Å². The lowest BCUT2D eigenvalue weighted by Gasteiger charge is -2.45. The Morgan fingerprint density at radius 1 is 0.648 bits per heavy atom. The lowest BCUT2D eigenvalue weighted by molar-refractivity contribution is -0.232. The molecule has 382 valence electrons. The van der Waals surface area contributed by atoms with Gasteiger partial charge in [-0.25, -0.2) is 38.6 Å². The summed E-state index contributed by atoms with van der Waals surface area (Å²) >= 11 is 15.5. The van der Waals surface area contributed by atoms with Crippen LogP contribution in [0, 0.1) is 22.5 Å². The van der Waals surface area contributed by atoms with Crippen molar-refractivity contribution < 1.29 is 37.2 Å². The van der Waals surface area contributed by atoms with Crippen LogP contribution in [0.25, 0.3) is 11.1 Å². The zero-order valence-corrected chi connectivity index (χ0v) is 44.1. The van der Waals surface area contributed by atoms with E-state index in [2.05, 4.69) is 46.3 Å². The second-order valence-electron chi connectivity index (χ2n) is 20.8.